The summed E-state index contributed by atoms with van der Waals surface area (Å²) in [5.41, 5.74) is 0.962. The van der Waals surface area contributed by atoms with Crippen molar-refractivity contribution >= 4 is 12.4 Å². The molecule has 0 saturated carbocycles. The molecule has 0 radical (unpaired) electrons. The molecule has 0 aliphatic carbocycles. The molecule has 0 aliphatic rings. The molecular weight excluding hydrogens is 258 g/mol. The number of hydrogen-bond acceptors (Lipinski definition) is 2. The molecule has 1 rings (SSSR count). The predicted molar refractivity (Wildman–Crippen MR) is 83.3 cm³/mol. The fourth-order valence-electron chi connectivity index (χ4n) is 1.57. The van der Waals surface area contributed by atoms with Gasteiger partial charge in [0.1, 0.15) is 0 Å². The largest absolute Gasteiger partial charge is 0.387 e. The molecule has 1 aromatic carbocycles. The van der Waals surface area contributed by atoms with Gasteiger partial charge in [-0.1, -0.05) is 42.2 Å². The Morgan fingerprint density at radius 1 is 1.21 bits per heavy atom. The maximum Gasteiger partial charge on any atom is 0.0940 e. The van der Waals surface area contributed by atoms with E-state index in [9.17, 15) is 5.11 Å². The molecule has 0 amide bonds. The van der Waals surface area contributed by atoms with Crippen molar-refractivity contribution in [2.45, 2.75) is 39.8 Å². The van der Waals surface area contributed by atoms with Crippen molar-refractivity contribution in [2.75, 3.05) is 6.54 Å². The van der Waals surface area contributed by atoms with Crippen LogP contribution < -0.4 is 5.32 Å². The molecule has 0 saturated heterocycles. The van der Waals surface area contributed by atoms with Gasteiger partial charge in [-0.05, 0) is 33.3 Å². The van der Waals surface area contributed by atoms with E-state index in [-0.39, 0.29) is 23.9 Å². The van der Waals surface area contributed by atoms with Gasteiger partial charge in [-0.2, -0.15) is 0 Å². The summed E-state index contributed by atoms with van der Waals surface area (Å²) in [5.74, 6) is 6.25. The Balaban J connectivity index is 0.00000324. The fourth-order valence-corrected chi connectivity index (χ4v) is 1.57. The highest BCUT2D eigenvalue weighted by atomic mass is 35.5. The zero-order valence-corrected chi connectivity index (χ0v) is 12.9. The number of aliphatic hydroxyl groups excluding tert-OH is 1. The Morgan fingerprint density at radius 2 is 1.79 bits per heavy atom. The first kappa shape index (κ1) is 18.0. The van der Waals surface area contributed by atoms with E-state index in [2.05, 4.69) is 37.9 Å². The standard InChI is InChI=1S/C16H23NO.ClH/c1-13(17-12-8-11-16(2,3)4)15(18)14-9-6-5-7-10-14;/h5-7,9-10,13,15,17-18H,12H2,1-4H3;1H. The molecular formula is C16H24ClNO. The lowest BCUT2D eigenvalue weighted by molar-refractivity contribution is 0.138. The van der Waals surface area contributed by atoms with E-state index in [0.29, 0.717) is 6.54 Å². The van der Waals surface area contributed by atoms with E-state index in [1.165, 1.54) is 0 Å². The summed E-state index contributed by atoms with van der Waals surface area (Å²) in [7, 11) is 0. The lowest BCUT2D eigenvalue weighted by Gasteiger charge is -2.19. The minimum Gasteiger partial charge on any atom is -0.387 e. The normalized spacial score (nSPS) is 13.7. The van der Waals surface area contributed by atoms with E-state index in [0.717, 1.165) is 5.56 Å². The molecule has 2 N–H and O–H groups in total. The summed E-state index contributed by atoms with van der Waals surface area (Å²) in [5, 5.41) is 13.4. The monoisotopic (exact) mass is 281 g/mol. The molecule has 0 bridgehead atoms. The molecule has 0 spiro atoms. The van der Waals surface area contributed by atoms with Crippen LogP contribution in [0, 0.1) is 17.3 Å². The van der Waals surface area contributed by atoms with Crippen LogP contribution in [-0.2, 0) is 0 Å². The molecule has 0 aromatic heterocycles. The number of halogens is 1. The van der Waals surface area contributed by atoms with E-state index in [1.807, 2.05) is 37.3 Å². The third kappa shape index (κ3) is 7.22. The first-order valence-corrected chi connectivity index (χ1v) is 6.36. The molecule has 19 heavy (non-hydrogen) atoms. The molecule has 1 aromatic rings. The second kappa shape index (κ2) is 8.22. The third-order valence-corrected chi connectivity index (χ3v) is 2.59. The molecule has 0 aliphatic heterocycles. The topological polar surface area (TPSA) is 32.3 Å². The Morgan fingerprint density at radius 3 is 2.32 bits per heavy atom. The average Bonchev–Trinajstić information content (AvgIpc) is 2.33. The van der Waals surface area contributed by atoms with Gasteiger partial charge in [0.05, 0.1) is 12.6 Å². The van der Waals surface area contributed by atoms with Crippen molar-refractivity contribution in [1.29, 1.82) is 0 Å². The third-order valence-electron chi connectivity index (χ3n) is 2.59. The van der Waals surface area contributed by atoms with E-state index < -0.39 is 6.10 Å². The summed E-state index contributed by atoms with van der Waals surface area (Å²) < 4.78 is 0. The van der Waals surface area contributed by atoms with Crippen molar-refractivity contribution < 1.29 is 5.11 Å². The van der Waals surface area contributed by atoms with Crippen molar-refractivity contribution in [3.63, 3.8) is 0 Å². The molecule has 0 heterocycles. The summed E-state index contributed by atoms with van der Waals surface area (Å²) in [4.78, 5) is 0. The quantitative estimate of drug-likeness (QED) is 0.831. The molecule has 2 nitrogen and oxygen atoms in total. The number of benzene rings is 1. The Bertz CT molecular complexity index is 414. The summed E-state index contributed by atoms with van der Waals surface area (Å²) >= 11 is 0. The Hall–Kier alpha value is -1.01. The van der Waals surface area contributed by atoms with Crippen LogP contribution in [0.25, 0.3) is 0 Å². The Kier molecular flexibility index (Phi) is 7.78. The van der Waals surface area contributed by atoms with Gasteiger partial charge in [0.25, 0.3) is 0 Å². The van der Waals surface area contributed by atoms with E-state index >= 15 is 0 Å². The number of nitrogens with one attached hydrogen (secondary N) is 1. The summed E-state index contributed by atoms with van der Waals surface area (Å²) in [6.45, 7) is 8.82. The second-order valence-corrected chi connectivity index (χ2v) is 5.58. The first-order chi connectivity index (χ1) is 8.40. The zero-order valence-electron chi connectivity index (χ0n) is 12.1. The highest BCUT2D eigenvalue weighted by Crippen LogP contribution is 2.15. The maximum atomic E-state index is 10.1. The van der Waals surface area contributed by atoms with Crippen LogP contribution >= 0.6 is 12.4 Å². The molecule has 0 fully saturated rings. The first-order valence-electron chi connectivity index (χ1n) is 6.36. The van der Waals surface area contributed by atoms with E-state index in [1.54, 1.807) is 0 Å². The van der Waals surface area contributed by atoms with Gasteiger partial charge in [-0.3, -0.25) is 0 Å². The van der Waals surface area contributed by atoms with Crippen LogP contribution in [-0.4, -0.2) is 17.7 Å². The summed E-state index contributed by atoms with van der Waals surface area (Å²) in [6.07, 6.45) is -0.498. The van der Waals surface area contributed by atoms with Gasteiger partial charge >= 0.3 is 0 Å². The van der Waals surface area contributed by atoms with Gasteiger partial charge in [0.2, 0.25) is 0 Å². The zero-order chi connectivity index (χ0) is 13.6. The van der Waals surface area contributed by atoms with Gasteiger partial charge < -0.3 is 10.4 Å². The van der Waals surface area contributed by atoms with Crippen molar-refractivity contribution in [3.8, 4) is 11.8 Å². The van der Waals surface area contributed by atoms with Crippen LogP contribution in [0.3, 0.4) is 0 Å². The lowest BCUT2D eigenvalue weighted by atomic mass is 9.98. The van der Waals surface area contributed by atoms with Crippen molar-refractivity contribution in [3.05, 3.63) is 35.9 Å². The van der Waals surface area contributed by atoms with Crippen molar-refractivity contribution in [1.82, 2.24) is 5.32 Å². The number of rotatable bonds is 4. The maximum absolute atomic E-state index is 10.1. The number of hydrogen-bond donors (Lipinski definition) is 2. The SMILES string of the molecule is CC(NCC#CC(C)(C)C)C(O)c1ccccc1.Cl. The lowest BCUT2D eigenvalue weighted by Crippen LogP contribution is -2.32. The minimum atomic E-state index is -0.498. The predicted octanol–water partition coefficient (Wildman–Crippen LogP) is 3.17. The average molecular weight is 282 g/mol. The smallest absolute Gasteiger partial charge is 0.0940 e. The van der Waals surface area contributed by atoms with E-state index in [4.69, 9.17) is 0 Å². The number of aliphatic hydroxyl groups is 1. The second-order valence-electron chi connectivity index (χ2n) is 5.58. The van der Waals surface area contributed by atoms with Crippen LogP contribution in [0.15, 0.2) is 30.3 Å². The minimum absolute atomic E-state index is 0. The van der Waals surface area contributed by atoms with Gasteiger partial charge in [-0.15, -0.1) is 12.4 Å². The summed E-state index contributed by atoms with van der Waals surface area (Å²) in [6, 6.07) is 9.67. The fraction of sp³-hybridized carbons (Fsp3) is 0.500. The van der Waals surface area contributed by atoms with Crippen LogP contribution in [0.5, 0.6) is 0 Å². The highest BCUT2D eigenvalue weighted by Gasteiger charge is 2.14. The molecule has 3 heteroatoms. The van der Waals surface area contributed by atoms with Crippen LogP contribution in [0.2, 0.25) is 0 Å². The van der Waals surface area contributed by atoms with Crippen molar-refractivity contribution in [2.24, 2.45) is 5.41 Å². The molecule has 2 unspecified atom stereocenters. The van der Waals surface area contributed by atoms with Crippen LogP contribution in [0.1, 0.15) is 39.4 Å². The van der Waals surface area contributed by atoms with Crippen LogP contribution in [0.4, 0.5) is 0 Å². The van der Waals surface area contributed by atoms with Gasteiger partial charge in [0, 0.05) is 11.5 Å². The van der Waals surface area contributed by atoms with Gasteiger partial charge in [-0.25, -0.2) is 0 Å². The molecule has 106 valence electrons. The molecule has 2 atom stereocenters. The highest BCUT2D eigenvalue weighted by molar-refractivity contribution is 5.85. The van der Waals surface area contributed by atoms with Gasteiger partial charge in [0.15, 0.2) is 0 Å². The Labute approximate surface area is 123 Å².